The Kier molecular flexibility index (Phi) is 5.63. The molecule has 0 saturated carbocycles. The molecule has 0 N–H and O–H groups in total. The molecule has 0 radical (unpaired) electrons. The van der Waals surface area contributed by atoms with E-state index in [4.69, 9.17) is 32.4 Å². The lowest BCUT2D eigenvalue weighted by Crippen LogP contribution is -2.31. The summed E-state index contributed by atoms with van der Waals surface area (Å²) >= 11 is 12.3. The van der Waals surface area contributed by atoms with Crippen molar-refractivity contribution in [3.05, 3.63) is 73.6 Å². The zero-order valence-corrected chi connectivity index (χ0v) is 17.1. The Bertz CT molecular complexity index is 1080. The maximum Gasteiger partial charge on any atom is 0.336 e. The van der Waals surface area contributed by atoms with E-state index in [9.17, 15) is 4.79 Å². The highest BCUT2D eigenvalue weighted by Gasteiger charge is 2.23. The first-order chi connectivity index (χ1) is 13.5. The molecule has 1 aliphatic heterocycles. The van der Waals surface area contributed by atoms with Gasteiger partial charge in [-0.1, -0.05) is 42.6 Å². The number of nitrogens with zero attached hydrogens (tertiary/aromatic N) is 1. The Morgan fingerprint density at radius 3 is 2.75 bits per heavy atom. The van der Waals surface area contributed by atoms with Gasteiger partial charge in [0.1, 0.15) is 18.1 Å². The Balaban J connectivity index is 1.68. The SMILES string of the molecule is CCCCc1cc(=O)oc2c3c(ccc12)OCN(Cc1ccc(Cl)cc1Cl)C3. The zero-order valence-electron chi connectivity index (χ0n) is 15.6. The summed E-state index contributed by atoms with van der Waals surface area (Å²) in [5, 5.41) is 2.23. The van der Waals surface area contributed by atoms with Crippen LogP contribution in [0.15, 0.2) is 45.6 Å². The second-order valence-corrected chi connectivity index (χ2v) is 7.95. The number of unbranched alkanes of at least 4 members (excludes halogenated alkanes) is 1. The van der Waals surface area contributed by atoms with Gasteiger partial charge >= 0.3 is 5.63 Å². The van der Waals surface area contributed by atoms with Gasteiger partial charge in [-0.05, 0) is 48.2 Å². The minimum atomic E-state index is -0.315. The molecule has 0 saturated heterocycles. The third-order valence-corrected chi connectivity index (χ3v) is 5.64. The van der Waals surface area contributed by atoms with Gasteiger partial charge in [0.15, 0.2) is 0 Å². The van der Waals surface area contributed by atoms with Gasteiger partial charge in [0, 0.05) is 34.6 Å². The lowest BCUT2D eigenvalue weighted by molar-refractivity contribution is 0.0890. The molecule has 0 aliphatic carbocycles. The Hall–Kier alpha value is -2.01. The van der Waals surface area contributed by atoms with Gasteiger partial charge in [-0.15, -0.1) is 0 Å². The molecule has 28 heavy (non-hydrogen) atoms. The minimum absolute atomic E-state index is 0.315. The van der Waals surface area contributed by atoms with Gasteiger partial charge in [0.2, 0.25) is 0 Å². The van der Waals surface area contributed by atoms with Gasteiger partial charge in [-0.25, -0.2) is 4.79 Å². The first-order valence-corrected chi connectivity index (χ1v) is 10.2. The van der Waals surface area contributed by atoms with Crippen molar-refractivity contribution < 1.29 is 9.15 Å². The average Bonchev–Trinajstić information content (AvgIpc) is 2.68. The average molecular weight is 418 g/mol. The number of aryl methyl sites for hydroxylation is 1. The molecule has 0 atom stereocenters. The first-order valence-electron chi connectivity index (χ1n) is 9.43. The Morgan fingerprint density at radius 2 is 1.96 bits per heavy atom. The predicted octanol–water partition coefficient (Wildman–Crippen LogP) is 5.79. The predicted molar refractivity (Wildman–Crippen MR) is 112 cm³/mol. The molecular weight excluding hydrogens is 397 g/mol. The lowest BCUT2D eigenvalue weighted by atomic mass is 10.0. The second-order valence-electron chi connectivity index (χ2n) is 7.11. The van der Waals surface area contributed by atoms with Crippen LogP contribution in [0.25, 0.3) is 11.0 Å². The maximum atomic E-state index is 12.2. The van der Waals surface area contributed by atoms with Gasteiger partial charge in [0.05, 0.1) is 5.56 Å². The second kappa shape index (κ2) is 8.16. The summed E-state index contributed by atoms with van der Waals surface area (Å²) in [6, 6.07) is 11.1. The van der Waals surface area contributed by atoms with E-state index in [1.54, 1.807) is 12.1 Å². The van der Waals surface area contributed by atoms with Crippen LogP contribution in [0.1, 0.15) is 36.5 Å². The fraction of sp³-hybridized carbons (Fsp3) is 0.318. The smallest absolute Gasteiger partial charge is 0.336 e. The van der Waals surface area contributed by atoms with E-state index in [1.165, 1.54) is 0 Å². The largest absolute Gasteiger partial charge is 0.478 e. The molecule has 0 amide bonds. The van der Waals surface area contributed by atoms with Gasteiger partial charge in [-0.3, -0.25) is 4.90 Å². The third kappa shape index (κ3) is 3.90. The molecule has 6 heteroatoms. The Morgan fingerprint density at radius 1 is 1.11 bits per heavy atom. The van der Waals surface area contributed by atoms with E-state index in [1.807, 2.05) is 24.3 Å². The fourth-order valence-electron chi connectivity index (χ4n) is 3.61. The zero-order chi connectivity index (χ0) is 19.7. The summed E-state index contributed by atoms with van der Waals surface area (Å²) in [4.78, 5) is 14.3. The first kappa shape index (κ1) is 19.3. The van der Waals surface area contributed by atoms with Crippen LogP contribution in [0, 0.1) is 0 Å². The molecule has 0 unspecified atom stereocenters. The van der Waals surface area contributed by atoms with Crippen LogP contribution in [-0.4, -0.2) is 11.6 Å². The molecule has 2 aromatic carbocycles. The number of benzene rings is 2. The number of halogens is 2. The lowest BCUT2D eigenvalue weighted by Gasteiger charge is -2.29. The molecule has 2 heterocycles. The topological polar surface area (TPSA) is 42.7 Å². The summed E-state index contributed by atoms with van der Waals surface area (Å²) in [5.74, 6) is 0.766. The van der Waals surface area contributed by atoms with E-state index < -0.39 is 0 Å². The molecule has 0 fully saturated rings. The van der Waals surface area contributed by atoms with Gasteiger partial charge < -0.3 is 9.15 Å². The summed E-state index contributed by atoms with van der Waals surface area (Å²) in [6.07, 6.45) is 2.97. The van der Waals surface area contributed by atoms with Crippen molar-refractivity contribution >= 4 is 34.2 Å². The van der Waals surface area contributed by atoms with Crippen molar-refractivity contribution in [1.82, 2.24) is 4.90 Å². The van der Waals surface area contributed by atoms with Crippen LogP contribution in [0.3, 0.4) is 0 Å². The highest BCUT2D eigenvalue weighted by Crippen LogP contribution is 2.34. The number of ether oxygens (including phenoxy) is 1. The van der Waals surface area contributed by atoms with Crippen LogP contribution in [0.5, 0.6) is 5.75 Å². The number of rotatable bonds is 5. The highest BCUT2D eigenvalue weighted by molar-refractivity contribution is 6.35. The van der Waals surface area contributed by atoms with Crippen molar-refractivity contribution in [2.24, 2.45) is 0 Å². The van der Waals surface area contributed by atoms with Crippen molar-refractivity contribution in [2.75, 3.05) is 6.73 Å². The van der Waals surface area contributed by atoms with Crippen molar-refractivity contribution in [1.29, 1.82) is 0 Å². The normalized spacial score (nSPS) is 14.1. The van der Waals surface area contributed by atoms with Crippen LogP contribution in [0.2, 0.25) is 10.0 Å². The number of fused-ring (bicyclic) bond motifs is 3. The minimum Gasteiger partial charge on any atom is -0.478 e. The molecule has 0 bridgehead atoms. The standard InChI is InChI=1S/C22H21Cl2NO3/c1-2-3-4-14-9-21(26)28-22-17(14)7-8-20-18(22)12-25(13-27-20)11-15-5-6-16(23)10-19(15)24/h5-10H,2-4,11-13H2,1H3. The molecule has 1 aromatic heterocycles. The summed E-state index contributed by atoms with van der Waals surface area (Å²) < 4.78 is 11.5. The molecule has 4 nitrogen and oxygen atoms in total. The maximum absolute atomic E-state index is 12.2. The van der Waals surface area contributed by atoms with E-state index in [0.29, 0.717) is 35.4 Å². The van der Waals surface area contributed by atoms with E-state index in [0.717, 1.165) is 47.1 Å². The molecule has 0 spiro atoms. The van der Waals surface area contributed by atoms with Gasteiger partial charge in [-0.2, -0.15) is 0 Å². The van der Waals surface area contributed by atoms with Crippen molar-refractivity contribution in [3.63, 3.8) is 0 Å². The van der Waals surface area contributed by atoms with Crippen molar-refractivity contribution in [2.45, 2.75) is 39.3 Å². The third-order valence-electron chi connectivity index (χ3n) is 5.05. The fourth-order valence-corrected chi connectivity index (χ4v) is 4.08. The van der Waals surface area contributed by atoms with Crippen molar-refractivity contribution in [3.8, 4) is 5.75 Å². The van der Waals surface area contributed by atoms with Crippen LogP contribution >= 0.6 is 23.2 Å². The van der Waals surface area contributed by atoms with Gasteiger partial charge in [0.25, 0.3) is 0 Å². The molecular formula is C22H21Cl2NO3. The summed E-state index contributed by atoms with van der Waals surface area (Å²) in [7, 11) is 0. The number of hydrogen-bond acceptors (Lipinski definition) is 4. The summed E-state index contributed by atoms with van der Waals surface area (Å²) in [6.45, 7) is 3.82. The molecule has 1 aliphatic rings. The highest BCUT2D eigenvalue weighted by atomic mass is 35.5. The molecule has 4 rings (SSSR count). The summed E-state index contributed by atoms with van der Waals surface area (Å²) in [5.41, 5.74) is 3.23. The van der Waals surface area contributed by atoms with E-state index >= 15 is 0 Å². The number of hydrogen-bond donors (Lipinski definition) is 0. The monoisotopic (exact) mass is 417 g/mol. The van der Waals surface area contributed by atoms with E-state index in [-0.39, 0.29) is 5.63 Å². The van der Waals surface area contributed by atoms with Crippen LogP contribution in [-0.2, 0) is 19.5 Å². The molecule has 3 aromatic rings. The molecule has 146 valence electrons. The van der Waals surface area contributed by atoms with Crippen LogP contribution < -0.4 is 10.4 Å². The van der Waals surface area contributed by atoms with Crippen LogP contribution in [0.4, 0.5) is 0 Å². The Labute approximate surface area is 173 Å². The quantitative estimate of drug-likeness (QED) is 0.492. The van der Waals surface area contributed by atoms with E-state index in [2.05, 4.69) is 11.8 Å².